The molecule has 3 heteroatoms. The minimum atomic E-state index is -0.413. The molecule has 0 atom stereocenters. The number of methoxy groups -OCH3 is 1. The van der Waals surface area contributed by atoms with Crippen molar-refractivity contribution in [1.29, 1.82) is 0 Å². The van der Waals surface area contributed by atoms with Crippen LogP contribution in [0.5, 0.6) is 0 Å². The van der Waals surface area contributed by atoms with Crippen molar-refractivity contribution in [2.75, 3.05) is 7.11 Å². The van der Waals surface area contributed by atoms with Crippen molar-refractivity contribution in [2.24, 2.45) is 0 Å². The molecule has 0 saturated heterocycles. The van der Waals surface area contributed by atoms with Gasteiger partial charge in [0.1, 0.15) is 5.57 Å². The first-order valence-electron chi connectivity index (χ1n) is 4.83. The highest BCUT2D eigenvalue weighted by atomic mass is 35.5. The summed E-state index contributed by atoms with van der Waals surface area (Å²) in [6, 6.07) is 7.05. The SMILES string of the molecule is COC(=O)C(=C=C(C)C)c1cccc(Cl)c1. The molecule has 0 saturated carbocycles. The van der Waals surface area contributed by atoms with E-state index in [-0.39, 0.29) is 0 Å². The predicted molar refractivity (Wildman–Crippen MR) is 65.2 cm³/mol. The Morgan fingerprint density at radius 3 is 2.56 bits per heavy atom. The monoisotopic (exact) mass is 236 g/mol. The second-order valence-corrected chi connectivity index (χ2v) is 3.94. The molecule has 0 fully saturated rings. The summed E-state index contributed by atoms with van der Waals surface area (Å²) in [7, 11) is 1.35. The van der Waals surface area contributed by atoms with Crippen molar-refractivity contribution in [3.63, 3.8) is 0 Å². The molecule has 0 spiro atoms. The zero-order valence-corrected chi connectivity index (χ0v) is 10.3. The third kappa shape index (κ3) is 3.27. The van der Waals surface area contributed by atoms with Crippen molar-refractivity contribution in [3.8, 4) is 0 Å². The Balaban J connectivity index is 3.34. The number of halogens is 1. The molecule has 84 valence electrons. The minimum absolute atomic E-state index is 0.394. The van der Waals surface area contributed by atoms with E-state index in [4.69, 9.17) is 16.3 Å². The maximum atomic E-state index is 11.6. The van der Waals surface area contributed by atoms with E-state index < -0.39 is 5.97 Å². The van der Waals surface area contributed by atoms with E-state index in [0.717, 1.165) is 5.57 Å². The first-order chi connectivity index (χ1) is 7.54. The molecule has 1 rings (SSSR count). The molecule has 0 aliphatic heterocycles. The number of carbonyl (C=O) groups excluding carboxylic acids is 1. The molecule has 0 N–H and O–H groups in total. The summed E-state index contributed by atoms with van der Waals surface area (Å²) in [5, 5.41) is 0.578. The lowest BCUT2D eigenvalue weighted by Gasteiger charge is -2.03. The lowest BCUT2D eigenvalue weighted by Crippen LogP contribution is -2.03. The largest absolute Gasteiger partial charge is 0.465 e. The molecule has 0 heterocycles. The Morgan fingerprint density at radius 2 is 2.06 bits per heavy atom. The fraction of sp³-hybridized carbons (Fsp3) is 0.231. The molecule has 0 amide bonds. The van der Waals surface area contributed by atoms with E-state index in [1.165, 1.54) is 7.11 Å². The highest BCUT2D eigenvalue weighted by molar-refractivity contribution is 6.31. The quantitative estimate of drug-likeness (QED) is 0.447. The summed E-state index contributed by atoms with van der Waals surface area (Å²) in [6.07, 6.45) is 0. The van der Waals surface area contributed by atoms with Gasteiger partial charge in [-0.05, 0) is 37.1 Å². The van der Waals surface area contributed by atoms with Gasteiger partial charge in [-0.25, -0.2) is 4.79 Å². The lowest BCUT2D eigenvalue weighted by atomic mass is 10.1. The first-order valence-corrected chi connectivity index (χ1v) is 5.20. The summed E-state index contributed by atoms with van der Waals surface area (Å²) < 4.78 is 4.71. The van der Waals surface area contributed by atoms with Crippen LogP contribution in [0, 0.1) is 0 Å². The van der Waals surface area contributed by atoms with E-state index in [1.54, 1.807) is 24.3 Å². The molecule has 2 nitrogen and oxygen atoms in total. The third-order valence-corrected chi connectivity index (χ3v) is 2.11. The summed E-state index contributed by atoms with van der Waals surface area (Å²) in [5.74, 6) is -0.413. The highest BCUT2D eigenvalue weighted by Crippen LogP contribution is 2.19. The van der Waals surface area contributed by atoms with Crippen molar-refractivity contribution in [3.05, 3.63) is 46.2 Å². The van der Waals surface area contributed by atoms with Crippen molar-refractivity contribution in [1.82, 2.24) is 0 Å². The van der Waals surface area contributed by atoms with Crippen LogP contribution in [0.4, 0.5) is 0 Å². The highest BCUT2D eigenvalue weighted by Gasteiger charge is 2.11. The third-order valence-electron chi connectivity index (χ3n) is 1.88. The molecule has 0 aromatic heterocycles. The standard InChI is InChI=1S/C13H13ClO2/c1-9(2)7-12(13(15)16-3)10-5-4-6-11(14)8-10/h4-6,8H,1-3H3. The van der Waals surface area contributed by atoms with E-state index in [2.05, 4.69) is 5.73 Å². The predicted octanol–water partition coefficient (Wildman–Crippen LogP) is 3.46. The Labute approximate surface area is 100 Å². The fourth-order valence-corrected chi connectivity index (χ4v) is 1.43. The number of hydrogen-bond acceptors (Lipinski definition) is 2. The van der Waals surface area contributed by atoms with Crippen LogP contribution in [0.1, 0.15) is 19.4 Å². The lowest BCUT2D eigenvalue weighted by molar-refractivity contribution is -0.133. The van der Waals surface area contributed by atoms with Gasteiger partial charge >= 0.3 is 5.97 Å². The van der Waals surface area contributed by atoms with Crippen LogP contribution in [-0.2, 0) is 9.53 Å². The zero-order valence-electron chi connectivity index (χ0n) is 9.50. The van der Waals surface area contributed by atoms with E-state index in [9.17, 15) is 4.79 Å². The van der Waals surface area contributed by atoms with Gasteiger partial charge in [0.25, 0.3) is 0 Å². The molecule has 1 aromatic carbocycles. The molecule has 0 aliphatic carbocycles. The summed E-state index contributed by atoms with van der Waals surface area (Å²) >= 11 is 5.87. The maximum absolute atomic E-state index is 11.6. The smallest absolute Gasteiger partial charge is 0.346 e. The molecule has 0 unspecified atom stereocenters. The Hall–Kier alpha value is -1.50. The van der Waals surface area contributed by atoms with Crippen molar-refractivity contribution in [2.45, 2.75) is 13.8 Å². The van der Waals surface area contributed by atoms with Crippen LogP contribution in [0.15, 0.2) is 35.6 Å². The average Bonchev–Trinajstić information content (AvgIpc) is 2.24. The summed E-state index contributed by atoms with van der Waals surface area (Å²) in [4.78, 5) is 11.6. The van der Waals surface area contributed by atoms with E-state index >= 15 is 0 Å². The minimum Gasteiger partial charge on any atom is -0.465 e. The van der Waals surface area contributed by atoms with E-state index in [1.807, 2.05) is 13.8 Å². The normalized spacial score (nSPS) is 9.25. The summed E-state index contributed by atoms with van der Waals surface area (Å²) in [5.41, 5.74) is 4.98. The van der Waals surface area contributed by atoms with Gasteiger partial charge in [0, 0.05) is 5.02 Å². The van der Waals surface area contributed by atoms with Crippen LogP contribution < -0.4 is 0 Å². The van der Waals surface area contributed by atoms with Crippen LogP contribution in [0.2, 0.25) is 5.02 Å². The first kappa shape index (κ1) is 12.6. The van der Waals surface area contributed by atoms with Crippen molar-refractivity contribution >= 4 is 23.1 Å². The van der Waals surface area contributed by atoms with Gasteiger partial charge < -0.3 is 4.74 Å². The van der Waals surface area contributed by atoms with Crippen LogP contribution in [0.3, 0.4) is 0 Å². The molecule has 0 aliphatic rings. The van der Waals surface area contributed by atoms with Crippen molar-refractivity contribution < 1.29 is 9.53 Å². The topological polar surface area (TPSA) is 26.3 Å². The van der Waals surface area contributed by atoms with Gasteiger partial charge in [0.2, 0.25) is 0 Å². The zero-order chi connectivity index (χ0) is 12.1. The summed E-state index contributed by atoms with van der Waals surface area (Å²) in [6.45, 7) is 3.74. The number of hydrogen-bond donors (Lipinski definition) is 0. The number of rotatable bonds is 2. The maximum Gasteiger partial charge on any atom is 0.346 e. The molecular weight excluding hydrogens is 224 g/mol. The Kier molecular flexibility index (Phi) is 4.36. The van der Waals surface area contributed by atoms with E-state index in [0.29, 0.717) is 16.2 Å². The fourth-order valence-electron chi connectivity index (χ4n) is 1.24. The average molecular weight is 237 g/mol. The molecule has 0 bridgehead atoms. The number of carbonyl (C=O) groups is 1. The second kappa shape index (κ2) is 5.55. The van der Waals surface area contributed by atoms with Gasteiger partial charge in [0.15, 0.2) is 0 Å². The Bertz CT molecular complexity index is 465. The van der Waals surface area contributed by atoms with Gasteiger partial charge in [-0.3, -0.25) is 0 Å². The molecule has 1 aromatic rings. The van der Waals surface area contributed by atoms with Crippen LogP contribution >= 0.6 is 11.6 Å². The molecule has 16 heavy (non-hydrogen) atoms. The number of benzene rings is 1. The number of ether oxygens (including phenoxy) is 1. The number of esters is 1. The van der Waals surface area contributed by atoms with Gasteiger partial charge in [-0.1, -0.05) is 23.7 Å². The van der Waals surface area contributed by atoms with Gasteiger partial charge in [0.05, 0.1) is 7.11 Å². The van der Waals surface area contributed by atoms with Gasteiger partial charge in [-0.15, -0.1) is 5.73 Å². The van der Waals surface area contributed by atoms with Crippen LogP contribution in [-0.4, -0.2) is 13.1 Å². The van der Waals surface area contributed by atoms with Crippen LogP contribution in [0.25, 0.3) is 5.57 Å². The second-order valence-electron chi connectivity index (χ2n) is 3.50. The van der Waals surface area contributed by atoms with Gasteiger partial charge in [-0.2, -0.15) is 0 Å². The molecular formula is C13H13ClO2. The Morgan fingerprint density at radius 1 is 1.38 bits per heavy atom. The molecule has 0 radical (unpaired) electrons.